The fraction of sp³-hybridized carbons (Fsp3) is 0.150. The number of carbonyl (C=O) groups is 1. The third kappa shape index (κ3) is 4.42. The van der Waals surface area contributed by atoms with Gasteiger partial charge in [-0.2, -0.15) is 0 Å². The lowest BCUT2D eigenvalue weighted by Gasteiger charge is -2.23. The van der Waals surface area contributed by atoms with Crippen LogP contribution in [0.5, 0.6) is 0 Å². The molecule has 3 rings (SSSR count). The van der Waals surface area contributed by atoms with E-state index in [9.17, 15) is 14.0 Å². The van der Waals surface area contributed by atoms with Crippen LogP contribution in [0.4, 0.5) is 4.39 Å². The number of hydrogen-bond donors (Lipinski definition) is 1. The van der Waals surface area contributed by atoms with Crippen molar-refractivity contribution in [2.75, 3.05) is 6.54 Å². The highest BCUT2D eigenvalue weighted by molar-refractivity contribution is 5.93. The number of hydrogen-bond acceptors (Lipinski definition) is 3. The van der Waals surface area contributed by atoms with Gasteiger partial charge in [0.15, 0.2) is 0 Å². The molecule has 0 aliphatic rings. The highest BCUT2D eigenvalue weighted by atomic mass is 19.1. The minimum Gasteiger partial charge on any atom is -0.334 e. The van der Waals surface area contributed by atoms with E-state index in [1.54, 1.807) is 41.6 Å². The third-order valence-electron chi connectivity index (χ3n) is 4.02. The summed E-state index contributed by atoms with van der Waals surface area (Å²) in [5.41, 5.74) is 1.53. The SMILES string of the molecule is O=C(c1ccc(=O)[nH]c1)N(CCc1ccccc1F)Cc1cccnc1. The predicted molar refractivity (Wildman–Crippen MR) is 96.1 cm³/mol. The molecule has 5 nitrogen and oxygen atoms in total. The molecule has 0 radical (unpaired) electrons. The van der Waals surface area contributed by atoms with Gasteiger partial charge in [-0.3, -0.25) is 14.6 Å². The Morgan fingerprint density at radius 1 is 1.12 bits per heavy atom. The van der Waals surface area contributed by atoms with Crippen LogP contribution in [0.15, 0.2) is 71.9 Å². The minimum atomic E-state index is -0.287. The van der Waals surface area contributed by atoms with Gasteiger partial charge < -0.3 is 9.88 Å². The van der Waals surface area contributed by atoms with Crippen LogP contribution in [0.3, 0.4) is 0 Å². The van der Waals surface area contributed by atoms with Crippen LogP contribution in [0, 0.1) is 5.82 Å². The first-order valence-corrected chi connectivity index (χ1v) is 8.24. The molecule has 0 fully saturated rings. The van der Waals surface area contributed by atoms with Crippen molar-refractivity contribution in [2.24, 2.45) is 0 Å². The second-order valence-corrected chi connectivity index (χ2v) is 5.87. The maximum Gasteiger partial charge on any atom is 0.255 e. The summed E-state index contributed by atoms with van der Waals surface area (Å²) in [5.74, 6) is -0.522. The molecule has 0 saturated carbocycles. The molecule has 0 aliphatic carbocycles. The van der Waals surface area contributed by atoms with Gasteiger partial charge in [0.2, 0.25) is 5.56 Å². The van der Waals surface area contributed by atoms with E-state index in [4.69, 9.17) is 0 Å². The van der Waals surface area contributed by atoms with Gasteiger partial charge in [0, 0.05) is 37.7 Å². The molecule has 6 heteroatoms. The standard InChI is InChI=1S/C20H18FN3O2/c21-18-6-2-1-5-16(18)9-11-24(14-15-4-3-10-22-12-15)20(26)17-7-8-19(25)23-13-17/h1-8,10,12-13H,9,11,14H2,(H,23,25). The number of amides is 1. The monoisotopic (exact) mass is 351 g/mol. The normalized spacial score (nSPS) is 10.5. The molecule has 2 heterocycles. The molecule has 132 valence electrons. The second-order valence-electron chi connectivity index (χ2n) is 5.87. The van der Waals surface area contributed by atoms with Gasteiger partial charge in [-0.25, -0.2) is 4.39 Å². The average Bonchev–Trinajstić information content (AvgIpc) is 2.67. The number of aromatic nitrogens is 2. The number of halogens is 1. The molecule has 1 N–H and O–H groups in total. The maximum atomic E-state index is 13.9. The van der Waals surface area contributed by atoms with E-state index >= 15 is 0 Å². The van der Waals surface area contributed by atoms with E-state index in [0.717, 1.165) is 5.56 Å². The van der Waals surface area contributed by atoms with Gasteiger partial charge in [0.05, 0.1) is 5.56 Å². The smallest absolute Gasteiger partial charge is 0.255 e. The Kier molecular flexibility index (Phi) is 5.53. The van der Waals surface area contributed by atoms with Crippen molar-refractivity contribution >= 4 is 5.91 Å². The van der Waals surface area contributed by atoms with Crippen molar-refractivity contribution in [3.05, 3.63) is 100.0 Å². The van der Waals surface area contributed by atoms with Crippen LogP contribution >= 0.6 is 0 Å². The first-order valence-electron chi connectivity index (χ1n) is 8.24. The molecule has 0 saturated heterocycles. The molecule has 0 bridgehead atoms. The number of benzene rings is 1. The molecule has 0 unspecified atom stereocenters. The maximum absolute atomic E-state index is 13.9. The van der Waals surface area contributed by atoms with Gasteiger partial charge in [-0.05, 0) is 35.7 Å². The molecule has 2 aromatic heterocycles. The third-order valence-corrected chi connectivity index (χ3v) is 4.02. The lowest BCUT2D eigenvalue weighted by molar-refractivity contribution is 0.0744. The van der Waals surface area contributed by atoms with Crippen LogP contribution in [0.1, 0.15) is 21.5 Å². The molecule has 3 aromatic rings. The summed E-state index contributed by atoms with van der Waals surface area (Å²) >= 11 is 0. The minimum absolute atomic E-state index is 0.235. The van der Waals surface area contributed by atoms with Crippen LogP contribution in [-0.4, -0.2) is 27.3 Å². The summed E-state index contributed by atoms with van der Waals surface area (Å²) in [6.45, 7) is 0.689. The number of aromatic amines is 1. The van der Waals surface area contributed by atoms with E-state index in [2.05, 4.69) is 9.97 Å². The Hall–Kier alpha value is -3.28. The number of H-pyrrole nitrogens is 1. The summed E-state index contributed by atoms with van der Waals surface area (Å²) in [6.07, 6.45) is 5.14. The first kappa shape index (κ1) is 17.5. The number of carbonyl (C=O) groups excluding carboxylic acids is 1. The van der Waals surface area contributed by atoms with E-state index < -0.39 is 0 Å². The first-order chi connectivity index (χ1) is 12.6. The number of rotatable bonds is 6. The van der Waals surface area contributed by atoms with Gasteiger partial charge in [0.1, 0.15) is 5.82 Å². The van der Waals surface area contributed by atoms with Crippen molar-refractivity contribution in [1.29, 1.82) is 0 Å². The topological polar surface area (TPSA) is 66.1 Å². The molecular formula is C20H18FN3O2. The second kappa shape index (κ2) is 8.20. The summed E-state index contributed by atoms with van der Waals surface area (Å²) in [4.78, 5) is 32.3. The van der Waals surface area contributed by atoms with Crippen LogP contribution in [0.2, 0.25) is 0 Å². The highest BCUT2D eigenvalue weighted by Crippen LogP contribution is 2.12. The van der Waals surface area contributed by atoms with Crippen molar-refractivity contribution in [2.45, 2.75) is 13.0 Å². The van der Waals surface area contributed by atoms with Crippen molar-refractivity contribution in [3.8, 4) is 0 Å². The van der Waals surface area contributed by atoms with Gasteiger partial charge >= 0.3 is 0 Å². The fourth-order valence-corrected chi connectivity index (χ4v) is 2.65. The summed E-state index contributed by atoms with van der Waals surface area (Å²) in [7, 11) is 0. The molecular weight excluding hydrogens is 333 g/mol. The number of pyridine rings is 2. The van der Waals surface area contributed by atoms with Gasteiger partial charge in [-0.15, -0.1) is 0 Å². The zero-order chi connectivity index (χ0) is 18.4. The van der Waals surface area contributed by atoms with Crippen molar-refractivity contribution in [3.63, 3.8) is 0 Å². The van der Waals surface area contributed by atoms with E-state index in [0.29, 0.717) is 30.6 Å². The fourth-order valence-electron chi connectivity index (χ4n) is 2.65. The van der Waals surface area contributed by atoms with Crippen LogP contribution in [0.25, 0.3) is 0 Å². The van der Waals surface area contributed by atoms with Crippen molar-refractivity contribution < 1.29 is 9.18 Å². The van der Waals surface area contributed by atoms with E-state index in [-0.39, 0.29) is 17.3 Å². The van der Waals surface area contributed by atoms with Crippen molar-refractivity contribution in [1.82, 2.24) is 14.9 Å². The number of nitrogens with one attached hydrogen (secondary N) is 1. The van der Waals surface area contributed by atoms with E-state index in [1.807, 2.05) is 6.07 Å². The summed E-state index contributed by atoms with van der Waals surface area (Å²) in [6, 6.07) is 13.0. The molecule has 1 aromatic carbocycles. The zero-order valence-corrected chi connectivity index (χ0v) is 14.1. The Morgan fingerprint density at radius 3 is 2.65 bits per heavy atom. The molecule has 0 spiro atoms. The highest BCUT2D eigenvalue weighted by Gasteiger charge is 2.17. The predicted octanol–water partition coefficient (Wildman–Crippen LogP) is 2.79. The summed E-state index contributed by atoms with van der Waals surface area (Å²) in [5, 5.41) is 0. The Morgan fingerprint density at radius 2 is 1.96 bits per heavy atom. The lowest BCUT2D eigenvalue weighted by atomic mass is 10.1. The van der Waals surface area contributed by atoms with Crippen LogP contribution < -0.4 is 5.56 Å². The Labute approximate surface area is 150 Å². The molecule has 0 atom stereocenters. The zero-order valence-electron chi connectivity index (χ0n) is 14.1. The van der Waals surface area contributed by atoms with E-state index in [1.165, 1.54) is 24.4 Å². The van der Waals surface area contributed by atoms with Gasteiger partial charge in [-0.1, -0.05) is 24.3 Å². The number of nitrogens with zero attached hydrogens (tertiary/aromatic N) is 2. The summed E-state index contributed by atoms with van der Waals surface area (Å²) < 4.78 is 13.9. The average molecular weight is 351 g/mol. The molecule has 1 amide bonds. The molecule has 0 aliphatic heterocycles. The lowest BCUT2D eigenvalue weighted by Crippen LogP contribution is -2.33. The quantitative estimate of drug-likeness (QED) is 0.743. The van der Waals surface area contributed by atoms with Crippen LogP contribution in [-0.2, 0) is 13.0 Å². The molecule has 26 heavy (non-hydrogen) atoms. The van der Waals surface area contributed by atoms with Gasteiger partial charge in [0.25, 0.3) is 5.91 Å². The largest absolute Gasteiger partial charge is 0.334 e. The Bertz CT molecular complexity index is 921. The Balaban J connectivity index is 1.81.